The number of aliphatic hydroxyl groups is 1. The summed E-state index contributed by atoms with van der Waals surface area (Å²) in [5.74, 6) is 0. The first-order valence-corrected chi connectivity index (χ1v) is 13.4. The molecule has 2 heterocycles. The average Bonchev–Trinajstić information content (AvgIpc) is 2.86. The number of ether oxygens (including phenoxy) is 1. The molecule has 0 aliphatic carbocycles. The monoisotopic (exact) mass is 444 g/mol. The molecule has 2 rings (SSSR count). The highest BCUT2D eigenvalue weighted by Gasteiger charge is 2.45. The summed E-state index contributed by atoms with van der Waals surface area (Å²) in [5, 5.41) is 10.8. The molecule has 1 aliphatic rings. The Bertz CT molecular complexity index is 767. The van der Waals surface area contributed by atoms with Crippen LogP contribution in [0.25, 0.3) is 0 Å². The fourth-order valence-electron chi connectivity index (χ4n) is 2.97. The predicted molar refractivity (Wildman–Crippen MR) is 118 cm³/mol. The molecule has 10 heteroatoms. The van der Waals surface area contributed by atoms with E-state index in [9.17, 15) is 14.7 Å². The Morgan fingerprint density at radius 3 is 2.34 bits per heavy atom. The molecule has 4 atom stereocenters. The van der Waals surface area contributed by atoms with E-state index in [-0.39, 0.29) is 17.4 Å². The van der Waals surface area contributed by atoms with Crippen LogP contribution in [-0.2, 0) is 13.6 Å². The van der Waals surface area contributed by atoms with Crippen LogP contribution >= 0.6 is 0 Å². The van der Waals surface area contributed by atoms with Gasteiger partial charge in [-0.1, -0.05) is 41.5 Å². The molecule has 166 valence electrons. The fraction of sp³-hybridized carbons (Fsp3) is 0.789. The van der Waals surface area contributed by atoms with Crippen molar-refractivity contribution >= 4 is 19.5 Å². The van der Waals surface area contributed by atoms with Gasteiger partial charge in [0.15, 0.2) is 25.8 Å². The number of aromatic nitrogens is 2. The first kappa shape index (κ1) is 24.2. The van der Waals surface area contributed by atoms with Gasteiger partial charge in [0.1, 0.15) is 18.3 Å². The van der Waals surface area contributed by atoms with Gasteiger partial charge in [0.25, 0.3) is 5.56 Å². The molecule has 0 aromatic carbocycles. The average molecular weight is 445 g/mol. The SMILES string of the molecule is CC(C)(C)C[SiH2]OC[C@@H]1O[C@H](n2ccc(=O)[nH]c2=O)C(O[SiH2]CC(C)(C)C)C1O. The van der Waals surface area contributed by atoms with Crippen molar-refractivity contribution < 1.29 is 18.7 Å². The summed E-state index contributed by atoms with van der Waals surface area (Å²) in [5.41, 5.74) is -0.693. The molecule has 1 aromatic heterocycles. The Morgan fingerprint density at radius 2 is 1.76 bits per heavy atom. The molecule has 2 N–H and O–H groups in total. The van der Waals surface area contributed by atoms with E-state index in [4.69, 9.17) is 13.6 Å². The highest BCUT2D eigenvalue weighted by atomic mass is 28.2. The fourth-order valence-corrected chi connectivity index (χ4v) is 5.49. The topological polar surface area (TPSA) is 103 Å². The first-order valence-electron chi connectivity index (χ1n) is 10.2. The van der Waals surface area contributed by atoms with Crippen LogP contribution in [0.2, 0.25) is 12.1 Å². The van der Waals surface area contributed by atoms with Crippen LogP contribution < -0.4 is 11.2 Å². The van der Waals surface area contributed by atoms with Crippen LogP contribution in [0.5, 0.6) is 0 Å². The summed E-state index contributed by atoms with van der Waals surface area (Å²) in [6, 6.07) is 3.22. The summed E-state index contributed by atoms with van der Waals surface area (Å²) < 4.78 is 19.2. The molecule has 2 unspecified atom stereocenters. The highest BCUT2D eigenvalue weighted by molar-refractivity contribution is 6.27. The second-order valence-electron chi connectivity index (χ2n) is 10.1. The molecule has 0 amide bonds. The van der Waals surface area contributed by atoms with E-state index in [0.29, 0.717) is 0 Å². The van der Waals surface area contributed by atoms with E-state index in [0.717, 1.165) is 12.1 Å². The Kier molecular flexibility index (Phi) is 8.22. The third-order valence-corrected chi connectivity index (χ3v) is 9.43. The zero-order valence-electron chi connectivity index (χ0n) is 18.4. The van der Waals surface area contributed by atoms with Crippen LogP contribution in [0, 0.1) is 10.8 Å². The number of hydrogen-bond donors (Lipinski definition) is 2. The second-order valence-corrected chi connectivity index (χ2v) is 12.7. The summed E-state index contributed by atoms with van der Waals surface area (Å²) in [6.07, 6.45) is -1.53. The van der Waals surface area contributed by atoms with Crippen LogP contribution in [-0.4, -0.2) is 59.1 Å². The molecule has 0 saturated carbocycles. The van der Waals surface area contributed by atoms with Crippen LogP contribution in [0.3, 0.4) is 0 Å². The smallest absolute Gasteiger partial charge is 0.330 e. The van der Waals surface area contributed by atoms with Gasteiger partial charge in [0.05, 0.1) is 6.61 Å². The van der Waals surface area contributed by atoms with Crippen LogP contribution in [0.15, 0.2) is 21.9 Å². The minimum absolute atomic E-state index is 0.141. The van der Waals surface area contributed by atoms with Crippen molar-refractivity contribution in [3.63, 3.8) is 0 Å². The van der Waals surface area contributed by atoms with Gasteiger partial charge in [-0.25, -0.2) is 4.79 Å². The lowest BCUT2D eigenvalue weighted by atomic mass is 10.0. The maximum atomic E-state index is 12.3. The Labute approximate surface area is 176 Å². The van der Waals surface area contributed by atoms with Gasteiger partial charge < -0.3 is 18.7 Å². The van der Waals surface area contributed by atoms with Gasteiger partial charge >= 0.3 is 5.69 Å². The minimum Gasteiger partial charge on any atom is -0.421 e. The molecule has 29 heavy (non-hydrogen) atoms. The number of nitrogens with one attached hydrogen (secondary N) is 1. The largest absolute Gasteiger partial charge is 0.421 e. The third kappa shape index (κ3) is 7.61. The lowest BCUT2D eigenvalue weighted by Crippen LogP contribution is -2.40. The second kappa shape index (κ2) is 9.84. The lowest BCUT2D eigenvalue weighted by Gasteiger charge is -2.25. The van der Waals surface area contributed by atoms with Gasteiger partial charge in [0, 0.05) is 12.3 Å². The van der Waals surface area contributed by atoms with Crippen LogP contribution in [0.4, 0.5) is 0 Å². The number of aromatic amines is 1. The van der Waals surface area contributed by atoms with Gasteiger partial charge in [-0.05, 0) is 22.9 Å². The van der Waals surface area contributed by atoms with E-state index in [2.05, 4.69) is 46.5 Å². The molecule has 0 bridgehead atoms. The van der Waals surface area contributed by atoms with E-state index >= 15 is 0 Å². The first-order chi connectivity index (χ1) is 13.4. The predicted octanol–water partition coefficient (Wildman–Crippen LogP) is 0.293. The van der Waals surface area contributed by atoms with Crippen LogP contribution in [0.1, 0.15) is 47.8 Å². The van der Waals surface area contributed by atoms with E-state index in [1.807, 2.05) is 0 Å². The quantitative estimate of drug-likeness (QED) is 0.441. The Hall–Kier alpha value is -1.05. The van der Waals surface area contributed by atoms with Gasteiger partial charge in [-0.15, -0.1) is 0 Å². The molecule has 1 aromatic rings. The summed E-state index contributed by atoms with van der Waals surface area (Å²) in [4.78, 5) is 25.9. The van der Waals surface area contributed by atoms with Crippen molar-refractivity contribution in [2.45, 2.75) is 78.2 Å². The van der Waals surface area contributed by atoms with E-state index in [1.165, 1.54) is 16.8 Å². The molecule has 0 spiro atoms. The zero-order valence-corrected chi connectivity index (χ0v) is 21.3. The van der Waals surface area contributed by atoms with Crippen molar-refractivity contribution in [1.82, 2.24) is 9.55 Å². The summed E-state index contributed by atoms with van der Waals surface area (Å²) in [7, 11) is -1.67. The molecule has 0 radical (unpaired) electrons. The van der Waals surface area contributed by atoms with Crippen molar-refractivity contribution in [2.75, 3.05) is 6.61 Å². The number of hydrogen-bond acceptors (Lipinski definition) is 6. The Balaban J connectivity index is 2.10. The number of aliphatic hydroxyl groups excluding tert-OH is 1. The molecular weight excluding hydrogens is 408 g/mol. The summed E-state index contributed by atoms with van der Waals surface area (Å²) in [6.45, 7) is 13.2. The van der Waals surface area contributed by atoms with E-state index < -0.39 is 55.3 Å². The van der Waals surface area contributed by atoms with Crippen molar-refractivity contribution in [3.05, 3.63) is 33.1 Å². The minimum atomic E-state index is -0.935. The van der Waals surface area contributed by atoms with Crippen molar-refractivity contribution in [1.29, 1.82) is 0 Å². The van der Waals surface area contributed by atoms with E-state index in [1.54, 1.807) is 0 Å². The van der Waals surface area contributed by atoms with Crippen molar-refractivity contribution in [2.24, 2.45) is 10.8 Å². The number of rotatable bonds is 8. The van der Waals surface area contributed by atoms with Gasteiger partial charge in [0.2, 0.25) is 0 Å². The summed E-state index contributed by atoms with van der Waals surface area (Å²) >= 11 is 0. The molecule has 1 fully saturated rings. The lowest BCUT2D eigenvalue weighted by molar-refractivity contribution is -0.0483. The molecule has 1 aliphatic heterocycles. The number of nitrogens with zero attached hydrogens (tertiary/aromatic N) is 1. The van der Waals surface area contributed by atoms with Gasteiger partial charge in [-0.2, -0.15) is 0 Å². The third-order valence-electron chi connectivity index (χ3n) is 4.88. The molecular formula is C19H36N2O6Si2. The standard InChI is InChI=1S/C19H36N2O6Si2/c1-18(2,3)10-28-25-9-12-14(23)15(27-29-11-19(4,5)6)16(26-12)21-8-7-13(22)20-17(21)24/h7-8,12,14-16,23H,9-11,28-29H2,1-6H3,(H,20,22,24)/t12-,14?,15?,16-/m0/s1. The zero-order chi connectivity index (χ0) is 21.8. The molecule has 8 nitrogen and oxygen atoms in total. The maximum Gasteiger partial charge on any atom is 0.330 e. The Morgan fingerprint density at radius 1 is 1.14 bits per heavy atom. The van der Waals surface area contributed by atoms with Crippen molar-refractivity contribution in [3.8, 4) is 0 Å². The van der Waals surface area contributed by atoms with Gasteiger partial charge in [-0.3, -0.25) is 14.3 Å². The maximum absolute atomic E-state index is 12.3. The normalized spacial score (nSPS) is 26.3. The highest BCUT2D eigenvalue weighted by Crippen LogP contribution is 2.32. The number of H-pyrrole nitrogens is 1. The molecule has 1 saturated heterocycles.